The standard InChI is InChI=1S/C18H26N2O4/c21-17(13-4-2-1-3-5-13)19-15-6-9-20(10-7-15)12-14-8-11-24-16(14)18(22)23/h8,11,13,15H,1-7,9-10,12H2,(H,19,21)(H,22,23). The number of nitrogens with one attached hydrogen (secondary N) is 1. The van der Waals surface area contributed by atoms with Crippen molar-refractivity contribution in [3.8, 4) is 0 Å². The fourth-order valence-corrected chi connectivity index (χ4v) is 3.81. The average Bonchev–Trinajstić information content (AvgIpc) is 3.06. The quantitative estimate of drug-likeness (QED) is 0.865. The van der Waals surface area contributed by atoms with Gasteiger partial charge in [0, 0.05) is 37.2 Å². The molecule has 0 aromatic carbocycles. The number of likely N-dealkylation sites (tertiary alicyclic amines) is 1. The second kappa shape index (κ2) is 7.83. The molecule has 24 heavy (non-hydrogen) atoms. The van der Waals surface area contributed by atoms with Gasteiger partial charge in [0.25, 0.3) is 0 Å². The molecule has 0 spiro atoms. The topological polar surface area (TPSA) is 82.8 Å². The number of hydrogen-bond donors (Lipinski definition) is 2. The fraction of sp³-hybridized carbons (Fsp3) is 0.667. The molecule has 1 aromatic rings. The zero-order valence-corrected chi connectivity index (χ0v) is 14.0. The molecule has 6 nitrogen and oxygen atoms in total. The lowest BCUT2D eigenvalue weighted by Crippen LogP contribution is -2.46. The summed E-state index contributed by atoms with van der Waals surface area (Å²) in [6.45, 7) is 2.31. The molecular formula is C18H26N2O4. The Kier molecular flexibility index (Phi) is 5.56. The molecule has 3 rings (SSSR count). The number of nitrogens with zero attached hydrogens (tertiary/aromatic N) is 1. The summed E-state index contributed by atoms with van der Waals surface area (Å²) in [6.07, 6.45) is 8.93. The van der Waals surface area contributed by atoms with Gasteiger partial charge in [-0.3, -0.25) is 9.69 Å². The Balaban J connectivity index is 1.44. The molecule has 0 atom stereocenters. The van der Waals surface area contributed by atoms with Gasteiger partial charge in [0.05, 0.1) is 6.26 Å². The molecule has 1 amide bonds. The number of carbonyl (C=O) groups is 2. The summed E-state index contributed by atoms with van der Waals surface area (Å²) in [5.74, 6) is -0.552. The summed E-state index contributed by atoms with van der Waals surface area (Å²) in [5.41, 5.74) is 0.715. The van der Waals surface area contributed by atoms with Crippen LogP contribution in [-0.2, 0) is 11.3 Å². The summed E-state index contributed by atoms with van der Waals surface area (Å²) in [6, 6.07) is 1.97. The highest BCUT2D eigenvalue weighted by atomic mass is 16.4. The Hall–Kier alpha value is -1.82. The zero-order valence-electron chi connectivity index (χ0n) is 14.0. The van der Waals surface area contributed by atoms with E-state index in [-0.39, 0.29) is 23.6 Å². The second-order valence-corrected chi connectivity index (χ2v) is 6.97. The predicted molar refractivity (Wildman–Crippen MR) is 88.7 cm³/mol. The van der Waals surface area contributed by atoms with Gasteiger partial charge >= 0.3 is 5.97 Å². The Morgan fingerprint density at radius 3 is 2.54 bits per heavy atom. The molecule has 1 aliphatic carbocycles. The van der Waals surface area contributed by atoms with E-state index in [0.717, 1.165) is 38.8 Å². The van der Waals surface area contributed by atoms with Gasteiger partial charge in [-0.1, -0.05) is 19.3 Å². The molecular weight excluding hydrogens is 308 g/mol. The van der Waals surface area contributed by atoms with E-state index >= 15 is 0 Å². The van der Waals surface area contributed by atoms with E-state index in [1.807, 2.05) is 0 Å². The van der Waals surface area contributed by atoms with E-state index in [9.17, 15) is 9.59 Å². The van der Waals surface area contributed by atoms with Crippen LogP contribution in [0.2, 0.25) is 0 Å². The van der Waals surface area contributed by atoms with E-state index in [0.29, 0.717) is 12.1 Å². The van der Waals surface area contributed by atoms with Gasteiger partial charge in [0.15, 0.2) is 0 Å². The van der Waals surface area contributed by atoms with Crippen LogP contribution in [0.15, 0.2) is 16.7 Å². The van der Waals surface area contributed by atoms with Crippen LogP contribution in [0.25, 0.3) is 0 Å². The smallest absolute Gasteiger partial charge is 0.372 e. The van der Waals surface area contributed by atoms with Gasteiger partial charge < -0.3 is 14.8 Å². The molecule has 2 fully saturated rings. The molecule has 0 unspecified atom stereocenters. The maximum Gasteiger partial charge on any atom is 0.372 e. The van der Waals surface area contributed by atoms with Gasteiger partial charge in [0.2, 0.25) is 11.7 Å². The van der Waals surface area contributed by atoms with Crippen molar-refractivity contribution in [2.45, 2.75) is 57.5 Å². The Bertz CT molecular complexity index is 569. The molecule has 2 aliphatic rings. The summed E-state index contributed by atoms with van der Waals surface area (Å²) < 4.78 is 5.03. The largest absolute Gasteiger partial charge is 0.475 e. The summed E-state index contributed by atoms with van der Waals surface area (Å²) in [4.78, 5) is 25.6. The van der Waals surface area contributed by atoms with Crippen LogP contribution in [-0.4, -0.2) is 41.0 Å². The summed E-state index contributed by atoms with van der Waals surface area (Å²) in [7, 11) is 0. The van der Waals surface area contributed by atoms with Gasteiger partial charge in [-0.15, -0.1) is 0 Å². The van der Waals surface area contributed by atoms with Crippen LogP contribution in [0.1, 0.15) is 61.1 Å². The third kappa shape index (κ3) is 4.17. The first-order chi connectivity index (χ1) is 11.6. The number of carboxylic acids is 1. The van der Waals surface area contributed by atoms with Crippen LogP contribution >= 0.6 is 0 Å². The first-order valence-corrected chi connectivity index (χ1v) is 8.96. The SMILES string of the molecule is O=C(O)c1occc1CN1CCC(NC(=O)C2CCCCC2)CC1. The summed E-state index contributed by atoms with van der Waals surface area (Å²) in [5, 5.41) is 12.3. The third-order valence-electron chi connectivity index (χ3n) is 5.24. The van der Waals surface area contributed by atoms with Crippen LogP contribution in [0.4, 0.5) is 0 Å². The fourth-order valence-electron chi connectivity index (χ4n) is 3.81. The van der Waals surface area contributed by atoms with Crippen LogP contribution in [0.3, 0.4) is 0 Å². The average molecular weight is 334 g/mol. The monoisotopic (exact) mass is 334 g/mol. The van der Waals surface area contributed by atoms with Crippen LogP contribution in [0.5, 0.6) is 0 Å². The number of aromatic carboxylic acids is 1. The van der Waals surface area contributed by atoms with Crippen molar-refractivity contribution in [1.29, 1.82) is 0 Å². The van der Waals surface area contributed by atoms with Crippen molar-refractivity contribution in [3.05, 3.63) is 23.7 Å². The highest BCUT2D eigenvalue weighted by Crippen LogP contribution is 2.24. The number of furan rings is 1. The minimum atomic E-state index is -1.02. The molecule has 2 N–H and O–H groups in total. The van der Waals surface area contributed by atoms with Crippen molar-refractivity contribution >= 4 is 11.9 Å². The molecule has 132 valence electrons. The van der Waals surface area contributed by atoms with Crippen molar-refractivity contribution in [3.63, 3.8) is 0 Å². The maximum atomic E-state index is 12.3. The van der Waals surface area contributed by atoms with Gasteiger partial charge in [-0.2, -0.15) is 0 Å². The Morgan fingerprint density at radius 1 is 1.17 bits per heavy atom. The first-order valence-electron chi connectivity index (χ1n) is 8.96. The molecule has 1 aliphatic heterocycles. The van der Waals surface area contributed by atoms with E-state index in [1.165, 1.54) is 25.5 Å². The number of rotatable bonds is 5. The molecule has 1 saturated carbocycles. The molecule has 6 heteroatoms. The van der Waals surface area contributed by atoms with Gasteiger partial charge in [0.1, 0.15) is 0 Å². The van der Waals surface area contributed by atoms with E-state index in [2.05, 4.69) is 10.2 Å². The third-order valence-corrected chi connectivity index (χ3v) is 5.24. The van der Waals surface area contributed by atoms with Crippen LogP contribution in [0, 0.1) is 5.92 Å². The zero-order chi connectivity index (χ0) is 16.9. The second-order valence-electron chi connectivity index (χ2n) is 6.97. The molecule has 1 saturated heterocycles. The molecule has 0 bridgehead atoms. The van der Waals surface area contributed by atoms with Crippen LogP contribution < -0.4 is 5.32 Å². The number of piperidine rings is 1. The highest BCUT2D eigenvalue weighted by Gasteiger charge is 2.26. The lowest BCUT2D eigenvalue weighted by Gasteiger charge is -2.33. The summed E-state index contributed by atoms with van der Waals surface area (Å²) >= 11 is 0. The predicted octanol–water partition coefficient (Wildman–Crippen LogP) is 2.64. The number of carbonyl (C=O) groups excluding carboxylic acids is 1. The van der Waals surface area contributed by atoms with Crippen molar-refractivity contribution < 1.29 is 19.1 Å². The molecule has 2 heterocycles. The normalized spacial score (nSPS) is 20.8. The van der Waals surface area contributed by atoms with E-state index in [4.69, 9.17) is 9.52 Å². The number of amides is 1. The van der Waals surface area contributed by atoms with Crippen molar-refractivity contribution in [2.75, 3.05) is 13.1 Å². The first kappa shape index (κ1) is 17.0. The van der Waals surface area contributed by atoms with Crippen molar-refractivity contribution in [2.24, 2.45) is 5.92 Å². The van der Waals surface area contributed by atoms with E-state index in [1.54, 1.807) is 6.07 Å². The maximum absolute atomic E-state index is 12.3. The highest BCUT2D eigenvalue weighted by molar-refractivity contribution is 5.86. The van der Waals surface area contributed by atoms with Crippen molar-refractivity contribution in [1.82, 2.24) is 10.2 Å². The molecule has 1 aromatic heterocycles. The Labute approximate surface area is 142 Å². The lowest BCUT2D eigenvalue weighted by atomic mass is 9.88. The molecule has 0 radical (unpaired) electrons. The van der Waals surface area contributed by atoms with Gasteiger partial charge in [-0.25, -0.2) is 4.79 Å². The minimum Gasteiger partial charge on any atom is -0.475 e. The number of hydrogen-bond acceptors (Lipinski definition) is 4. The lowest BCUT2D eigenvalue weighted by molar-refractivity contribution is -0.127. The van der Waals surface area contributed by atoms with Gasteiger partial charge in [-0.05, 0) is 31.7 Å². The van der Waals surface area contributed by atoms with E-state index < -0.39 is 5.97 Å². The Morgan fingerprint density at radius 2 is 1.88 bits per heavy atom. The minimum absolute atomic E-state index is 0.0303. The number of carboxylic acid groups (broad SMARTS) is 1.